The molecule has 1 aromatic heterocycles. The highest BCUT2D eigenvalue weighted by atomic mass is 16.5. The standard InChI is InChI=1S/C19H22N2O3/c1-15-6-7-17(24-15)8-9-19(22)20-14-16-4-2-3-5-18(16)21-10-12-23-13-11-21/h2-9H,10-14H2,1H3,(H,20,22)/b9-8-. The van der Waals surface area contributed by atoms with Crippen molar-refractivity contribution in [2.45, 2.75) is 13.5 Å². The van der Waals surface area contributed by atoms with Crippen LogP contribution in [0.1, 0.15) is 17.1 Å². The second-order valence-electron chi connectivity index (χ2n) is 5.73. The number of morpholine rings is 1. The lowest BCUT2D eigenvalue weighted by molar-refractivity contribution is -0.116. The fourth-order valence-electron chi connectivity index (χ4n) is 2.72. The predicted molar refractivity (Wildman–Crippen MR) is 93.8 cm³/mol. The zero-order valence-corrected chi connectivity index (χ0v) is 13.8. The smallest absolute Gasteiger partial charge is 0.244 e. The number of amides is 1. The molecule has 5 nitrogen and oxygen atoms in total. The lowest BCUT2D eigenvalue weighted by atomic mass is 10.1. The Hall–Kier alpha value is -2.53. The minimum atomic E-state index is -0.138. The molecule has 2 aromatic rings. The Labute approximate surface area is 141 Å². The van der Waals surface area contributed by atoms with E-state index in [2.05, 4.69) is 16.3 Å². The molecular formula is C19H22N2O3. The topological polar surface area (TPSA) is 54.7 Å². The van der Waals surface area contributed by atoms with Crippen LogP contribution in [-0.4, -0.2) is 32.2 Å². The average molecular weight is 326 g/mol. The Morgan fingerprint density at radius 2 is 2.00 bits per heavy atom. The van der Waals surface area contributed by atoms with Crippen LogP contribution in [0, 0.1) is 6.92 Å². The summed E-state index contributed by atoms with van der Waals surface area (Å²) in [6, 6.07) is 11.9. The summed E-state index contributed by atoms with van der Waals surface area (Å²) in [5, 5.41) is 2.93. The van der Waals surface area contributed by atoms with Crippen molar-refractivity contribution in [3.8, 4) is 0 Å². The molecule has 0 atom stereocenters. The molecule has 1 fully saturated rings. The van der Waals surface area contributed by atoms with E-state index in [-0.39, 0.29) is 5.91 Å². The number of anilines is 1. The van der Waals surface area contributed by atoms with Crippen molar-refractivity contribution in [1.29, 1.82) is 0 Å². The Bertz CT molecular complexity index is 715. The van der Waals surface area contributed by atoms with Crippen molar-refractivity contribution in [1.82, 2.24) is 5.32 Å². The van der Waals surface area contributed by atoms with Crippen LogP contribution < -0.4 is 10.2 Å². The highest BCUT2D eigenvalue weighted by Crippen LogP contribution is 2.21. The van der Waals surface area contributed by atoms with Gasteiger partial charge in [-0.3, -0.25) is 4.79 Å². The van der Waals surface area contributed by atoms with Gasteiger partial charge < -0.3 is 19.4 Å². The van der Waals surface area contributed by atoms with Gasteiger partial charge in [0.25, 0.3) is 0 Å². The Morgan fingerprint density at radius 3 is 2.75 bits per heavy atom. The largest absolute Gasteiger partial charge is 0.462 e. The van der Waals surface area contributed by atoms with Gasteiger partial charge in [-0.2, -0.15) is 0 Å². The van der Waals surface area contributed by atoms with Gasteiger partial charge in [0, 0.05) is 31.4 Å². The van der Waals surface area contributed by atoms with Gasteiger partial charge in [-0.25, -0.2) is 0 Å². The van der Waals surface area contributed by atoms with Crippen molar-refractivity contribution in [3.63, 3.8) is 0 Å². The van der Waals surface area contributed by atoms with E-state index >= 15 is 0 Å². The molecule has 0 bridgehead atoms. The van der Waals surface area contributed by atoms with Crippen LogP contribution in [0.3, 0.4) is 0 Å². The van der Waals surface area contributed by atoms with Gasteiger partial charge in [0.05, 0.1) is 13.2 Å². The quantitative estimate of drug-likeness (QED) is 0.859. The Balaban J connectivity index is 1.60. The molecule has 2 heterocycles. The predicted octanol–water partition coefficient (Wildman–Crippen LogP) is 2.75. The van der Waals surface area contributed by atoms with Crippen LogP contribution >= 0.6 is 0 Å². The van der Waals surface area contributed by atoms with Gasteiger partial charge in [0.2, 0.25) is 5.91 Å². The molecule has 1 N–H and O–H groups in total. The zero-order chi connectivity index (χ0) is 16.8. The number of carbonyl (C=O) groups is 1. The second kappa shape index (κ2) is 7.84. The molecule has 0 spiro atoms. The van der Waals surface area contributed by atoms with Crippen LogP contribution in [0.5, 0.6) is 0 Å². The first-order chi connectivity index (χ1) is 11.7. The maximum absolute atomic E-state index is 12.0. The molecule has 126 valence electrons. The maximum Gasteiger partial charge on any atom is 0.244 e. The van der Waals surface area contributed by atoms with Crippen LogP contribution in [0.4, 0.5) is 5.69 Å². The molecule has 0 aliphatic carbocycles. The first kappa shape index (κ1) is 16.3. The molecule has 0 radical (unpaired) electrons. The third-order valence-electron chi connectivity index (χ3n) is 3.96. The first-order valence-corrected chi connectivity index (χ1v) is 8.15. The van der Waals surface area contributed by atoms with Crippen molar-refractivity contribution in [2.24, 2.45) is 0 Å². The van der Waals surface area contributed by atoms with Crippen LogP contribution in [-0.2, 0) is 16.1 Å². The molecule has 1 aromatic carbocycles. The number of benzene rings is 1. The average Bonchev–Trinajstić information content (AvgIpc) is 3.04. The number of para-hydroxylation sites is 1. The summed E-state index contributed by atoms with van der Waals surface area (Å²) in [4.78, 5) is 14.3. The fraction of sp³-hybridized carbons (Fsp3) is 0.316. The lowest BCUT2D eigenvalue weighted by Gasteiger charge is -2.30. The van der Waals surface area contributed by atoms with E-state index < -0.39 is 0 Å². The number of aryl methyl sites for hydroxylation is 1. The fourth-order valence-corrected chi connectivity index (χ4v) is 2.72. The Kier molecular flexibility index (Phi) is 5.33. The summed E-state index contributed by atoms with van der Waals surface area (Å²) < 4.78 is 10.8. The van der Waals surface area contributed by atoms with E-state index in [1.807, 2.05) is 37.3 Å². The van der Waals surface area contributed by atoms with Crippen LogP contribution in [0.2, 0.25) is 0 Å². The monoisotopic (exact) mass is 326 g/mol. The zero-order valence-electron chi connectivity index (χ0n) is 13.8. The molecular weight excluding hydrogens is 304 g/mol. The van der Waals surface area contributed by atoms with E-state index in [1.54, 1.807) is 6.08 Å². The summed E-state index contributed by atoms with van der Waals surface area (Å²) in [6.45, 7) is 5.61. The molecule has 1 saturated heterocycles. The molecule has 1 aliphatic heterocycles. The van der Waals surface area contributed by atoms with Gasteiger partial charge >= 0.3 is 0 Å². The third-order valence-corrected chi connectivity index (χ3v) is 3.96. The minimum absolute atomic E-state index is 0.138. The normalized spacial score (nSPS) is 15.0. The van der Waals surface area contributed by atoms with Gasteiger partial charge in [-0.1, -0.05) is 18.2 Å². The van der Waals surface area contributed by atoms with E-state index in [4.69, 9.17) is 9.15 Å². The van der Waals surface area contributed by atoms with Gasteiger partial charge in [0.1, 0.15) is 11.5 Å². The summed E-state index contributed by atoms with van der Waals surface area (Å²) >= 11 is 0. The summed E-state index contributed by atoms with van der Waals surface area (Å²) in [6.07, 6.45) is 3.17. The number of hydrogen-bond acceptors (Lipinski definition) is 4. The molecule has 5 heteroatoms. The molecule has 24 heavy (non-hydrogen) atoms. The molecule has 0 unspecified atom stereocenters. The number of nitrogens with zero attached hydrogens (tertiary/aromatic N) is 1. The van der Waals surface area contributed by atoms with Gasteiger partial charge in [-0.15, -0.1) is 0 Å². The van der Waals surface area contributed by atoms with Crippen molar-refractivity contribution in [3.05, 3.63) is 59.6 Å². The second-order valence-corrected chi connectivity index (χ2v) is 5.73. The van der Waals surface area contributed by atoms with Crippen LogP contribution in [0.25, 0.3) is 6.08 Å². The van der Waals surface area contributed by atoms with E-state index in [0.29, 0.717) is 12.3 Å². The maximum atomic E-state index is 12.0. The Morgan fingerprint density at radius 1 is 1.21 bits per heavy atom. The van der Waals surface area contributed by atoms with Gasteiger partial charge in [-0.05, 0) is 36.8 Å². The lowest BCUT2D eigenvalue weighted by Crippen LogP contribution is -2.37. The van der Waals surface area contributed by atoms with Crippen molar-refractivity contribution < 1.29 is 13.9 Å². The third kappa shape index (κ3) is 4.26. The molecule has 0 saturated carbocycles. The molecule has 3 rings (SSSR count). The van der Waals surface area contributed by atoms with Crippen molar-refractivity contribution >= 4 is 17.7 Å². The highest BCUT2D eigenvalue weighted by molar-refractivity contribution is 5.91. The number of furan rings is 1. The number of nitrogens with one attached hydrogen (secondary N) is 1. The summed E-state index contributed by atoms with van der Waals surface area (Å²) in [5.41, 5.74) is 2.27. The summed E-state index contributed by atoms with van der Waals surface area (Å²) in [5.74, 6) is 1.37. The number of carbonyl (C=O) groups excluding carboxylic acids is 1. The number of hydrogen-bond donors (Lipinski definition) is 1. The minimum Gasteiger partial charge on any atom is -0.462 e. The highest BCUT2D eigenvalue weighted by Gasteiger charge is 2.14. The van der Waals surface area contributed by atoms with Gasteiger partial charge in [0.15, 0.2) is 0 Å². The van der Waals surface area contributed by atoms with Crippen molar-refractivity contribution in [2.75, 3.05) is 31.2 Å². The number of rotatable bonds is 5. The molecule has 1 amide bonds. The van der Waals surface area contributed by atoms with E-state index in [9.17, 15) is 4.79 Å². The number of ether oxygens (including phenoxy) is 1. The van der Waals surface area contributed by atoms with E-state index in [1.165, 1.54) is 6.08 Å². The van der Waals surface area contributed by atoms with E-state index in [0.717, 1.165) is 43.3 Å². The van der Waals surface area contributed by atoms with Crippen LogP contribution in [0.15, 0.2) is 46.9 Å². The SMILES string of the molecule is Cc1ccc(/C=C\C(=O)NCc2ccccc2N2CCOCC2)o1. The molecule has 1 aliphatic rings. The first-order valence-electron chi connectivity index (χ1n) is 8.15. The summed E-state index contributed by atoms with van der Waals surface area (Å²) in [7, 11) is 0.